The first-order valence-electron chi connectivity index (χ1n) is 5.17. The van der Waals surface area contributed by atoms with Gasteiger partial charge in [0.05, 0.1) is 18.1 Å². The van der Waals surface area contributed by atoms with Gasteiger partial charge < -0.3 is 4.74 Å². The van der Waals surface area contributed by atoms with Crippen LogP contribution in [-0.4, -0.2) is 13.1 Å². The number of hydrogen-bond acceptors (Lipinski definition) is 2. The number of rotatable bonds is 3. The van der Waals surface area contributed by atoms with E-state index >= 15 is 0 Å². The fourth-order valence-corrected chi connectivity index (χ4v) is 2.13. The highest BCUT2D eigenvalue weighted by atomic mass is 35.5. The summed E-state index contributed by atoms with van der Waals surface area (Å²) in [5.74, 6) is -1.01. The number of halogens is 2. The lowest BCUT2D eigenvalue weighted by molar-refractivity contribution is -0.143. The summed E-state index contributed by atoms with van der Waals surface area (Å²) in [6, 6.07) is 4.53. The van der Waals surface area contributed by atoms with Gasteiger partial charge in [0.2, 0.25) is 0 Å². The Hall–Kier alpha value is -1.09. The van der Waals surface area contributed by atoms with E-state index in [-0.39, 0.29) is 16.9 Å². The van der Waals surface area contributed by atoms with Gasteiger partial charge >= 0.3 is 5.97 Å². The van der Waals surface area contributed by atoms with E-state index in [0.717, 1.165) is 12.8 Å². The Morgan fingerprint density at radius 2 is 2.25 bits per heavy atom. The zero-order valence-electron chi connectivity index (χ0n) is 8.87. The number of hydrogen-bond donors (Lipinski definition) is 0. The molecule has 0 amide bonds. The lowest BCUT2D eigenvalue weighted by Gasteiger charge is -2.15. The van der Waals surface area contributed by atoms with E-state index in [9.17, 15) is 9.18 Å². The van der Waals surface area contributed by atoms with Crippen LogP contribution < -0.4 is 0 Å². The molecule has 1 aromatic carbocycles. The van der Waals surface area contributed by atoms with Gasteiger partial charge in [-0.25, -0.2) is 4.39 Å². The molecule has 0 aliphatic heterocycles. The quantitative estimate of drug-likeness (QED) is 0.761. The van der Waals surface area contributed by atoms with Crippen molar-refractivity contribution >= 4 is 17.6 Å². The Balaban J connectivity index is 2.38. The third-order valence-electron chi connectivity index (χ3n) is 2.87. The monoisotopic (exact) mass is 242 g/mol. The maximum Gasteiger partial charge on any atom is 0.313 e. The first-order chi connectivity index (χ1) is 7.65. The van der Waals surface area contributed by atoms with Crippen LogP contribution in [0.1, 0.15) is 24.3 Å². The third kappa shape index (κ3) is 2.05. The molecule has 0 N–H and O–H groups in total. The number of methoxy groups -OCH3 is 1. The SMILES string of the molecule is COC(=O)C(c1cccc(F)c1Cl)C1CC1. The predicted molar refractivity (Wildman–Crippen MR) is 58.9 cm³/mol. The topological polar surface area (TPSA) is 26.3 Å². The summed E-state index contributed by atoms with van der Waals surface area (Å²) >= 11 is 5.88. The van der Waals surface area contributed by atoms with Crippen molar-refractivity contribution in [3.63, 3.8) is 0 Å². The highest BCUT2D eigenvalue weighted by molar-refractivity contribution is 6.31. The van der Waals surface area contributed by atoms with Gasteiger partial charge in [-0.2, -0.15) is 0 Å². The average molecular weight is 243 g/mol. The molecular formula is C12H12ClFO2. The van der Waals surface area contributed by atoms with Crippen LogP contribution >= 0.6 is 11.6 Å². The second kappa shape index (κ2) is 4.42. The van der Waals surface area contributed by atoms with E-state index in [1.165, 1.54) is 13.2 Å². The molecule has 1 saturated carbocycles. The molecule has 1 atom stereocenters. The van der Waals surface area contributed by atoms with E-state index in [0.29, 0.717) is 5.56 Å². The molecule has 1 unspecified atom stereocenters. The third-order valence-corrected chi connectivity index (χ3v) is 3.26. The van der Waals surface area contributed by atoms with Crippen molar-refractivity contribution < 1.29 is 13.9 Å². The van der Waals surface area contributed by atoms with Gasteiger partial charge in [-0.05, 0) is 30.4 Å². The van der Waals surface area contributed by atoms with Crippen molar-refractivity contribution in [1.29, 1.82) is 0 Å². The van der Waals surface area contributed by atoms with Gasteiger partial charge in [0.15, 0.2) is 0 Å². The highest BCUT2D eigenvalue weighted by Gasteiger charge is 2.39. The van der Waals surface area contributed by atoms with Gasteiger partial charge in [-0.1, -0.05) is 23.7 Å². The molecule has 0 saturated heterocycles. The lowest BCUT2D eigenvalue weighted by Crippen LogP contribution is -2.17. The summed E-state index contributed by atoms with van der Waals surface area (Å²) in [6.07, 6.45) is 1.93. The molecule has 86 valence electrons. The summed E-state index contributed by atoms with van der Waals surface area (Å²) in [5.41, 5.74) is 0.538. The van der Waals surface area contributed by atoms with Crippen molar-refractivity contribution in [2.24, 2.45) is 5.92 Å². The molecule has 16 heavy (non-hydrogen) atoms. The summed E-state index contributed by atoms with van der Waals surface area (Å²) < 4.78 is 18.0. The Morgan fingerprint density at radius 3 is 2.81 bits per heavy atom. The summed E-state index contributed by atoms with van der Waals surface area (Å²) in [7, 11) is 1.34. The second-order valence-electron chi connectivity index (χ2n) is 3.98. The first-order valence-corrected chi connectivity index (χ1v) is 5.54. The Labute approximate surface area is 98.4 Å². The number of carbonyl (C=O) groups excluding carboxylic acids is 1. The highest BCUT2D eigenvalue weighted by Crippen LogP contribution is 2.45. The Bertz CT molecular complexity index is 415. The number of ether oxygens (including phenoxy) is 1. The summed E-state index contributed by atoms with van der Waals surface area (Å²) in [6.45, 7) is 0. The molecule has 1 aliphatic carbocycles. The standard InChI is InChI=1S/C12H12ClFO2/c1-16-12(15)10(7-5-6-7)8-3-2-4-9(14)11(8)13/h2-4,7,10H,5-6H2,1H3. The number of carbonyl (C=O) groups is 1. The van der Waals surface area contributed by atoms with Crippen molar-refractivity contribution in [3.05, 3.63) is 34.6 Å². The minimum atomic E-state index is -0.492. The van der Waals surface area contributed by atoms with E-state index < -0.39 is 11.7 Å². The van der Waals surface area contributed by atoms with Crippen LogP contribution in [0, 0.1) is 11.7 Å². The molecule has 0 bridgehead atoms. The van der Waals surface area contributed by atoms with Crippen LogP contribution in [0.25, 0.3) is 0 Å². The second-order valence-corrected chi connectivity index (χ2v) is 4.36. The van der Waals surface area contributed by atoms with Gasteiger partial charge in [-0.15, -0.1) is 0 Å². The fraction of sp³-hybridized carbons (Fsp3) is 0.417. The Kier molecular flexibility index (Phi) is 3.15. The smallest absolute Gasteiger partial charge is 0.313 e. The lowest BCUT2D eigenvalue weighted by atomic mass is 9.94. The van der Waals surface area contributed by atoms with Crippen LogP contribution in [0.2, 0.25) is 5.02 Å². The number of esters is 1. The molecule has 0 heterocycles. The van der Waals surface area contributed by atoms with Gasteiger partial charge in [0.1, 0.15) is 5.82 Å². The summed E-state index contributed by atoms with van der Waals surface area (Å²) in [4.78, 5) is 11.7. The molecule has 1 fully saturated rings. The van der Waals surface area contributed by atoms with E-state index in [1.807, 2.05) is 0 Å². The zero-order chi connectivity index (χ0) is 11.7. The molecule has 1 aliphatic rings. The number of benzene rings is 1. The first kappa shape index (κ1) is 11.4. The van der Waals surface area contributed by atoms with E-state index in [1.54, 1.807) is 12.1 Å². The molecule has 0 aromatic heterocycles. The maximum absolute atomic E-state index is 13.3. The van der Waals surface area contributed by atoms with Crippen LogP contribution in [-0.2, 0) is 9.53 Å². The van der Waals surface area contributed by atoms with Gasteiger partial charge in [0.25, 0.3) is 0 Å². The Morgan fingerprint density at radius 1 is 1.56 bits per heavy atom. The molecule has 0 radical (unpaired) electrons. The van der Waals surface area contributed by atoms with Gasteiger partial charge in [-0.3, -0.25) is 4.79 Å². The molecular weight excluding hydrogens is 231 g/mol. The fourth-order valence-electron chi connectivity index (χ4n) is 1.89. The molecule has 0 spiro atoms. The van der Waals surface area contributed by atoms with Crippen LogP contribution in [0.4, 0.5) is 4.39 Å². The van der Waals surface area contributed by atoms with Gasteiger partial charge in [0, 0.05) is 0 Å². The predicted octanol–water partition coefficient (Wildman–Crippen LogP) is 3.15. The largest absolute Gasteiger partial charge is 0.469 e. The van der Waals surface area contributed by atoms with Crippen molar-refractivity contribution in [3.8, 4) is 0 Å². The molecule has 2 nitrogen and oxygen atoms in total. The zero-order valence-corrected chi connectivity index (χ0v) is 9.63. The van der Waals surface area contributed by atoms with Crippen molar-refractivity contribution in [1.82, 2.24) is 0 Å². The average Bonchev–Trinajstić information content (AvgIpc) is 3.08. The van der Waals surface area contributed by atoms with E-state index in [4.69, 9.17) is 16.3 Å². The van der Waals surface area contributed by atoms with Crippen molar-refractivity contribution in [2.75, 3.05) is 7.11 Å². The van der Waals surface area contributed by atoms with E-state index in [2.05, 4.69) is 0 Å². The maximum atomic E-state index is 13.3. The van der Waals surface area contributed by atoms with Crippen LogP contribution in [0.5, 0.6) is 0 Å². The molecule has 2 rings (SSSR count). The van der Waals surface area contributed by atoms with Crippen LogP contribution in [0.15, 0.2) is 18.2 Å². The normalized spacial score (nSPS) is 16.9. The molecule has 4 heteroatoms. The minimum absolute atomic E-state index is 0.0322. The summed E-state index contributed by atoms with van der Waals surface area (Å²) in [5, 5.41) is 0.0322. The molecule has 1 aromatic rings. The van der Waals surface area contributed by atoms with Crippen molar-refractivity contribution in [2.45, 2.75) is 18.8 Å². The van der Waals surface area contributed by atoms with Crippen LogP contribution in [0.3, 0.4) is 0 Å². The minimum Gasteiger partial charge on any atom is -0.469 e.